The van der Waals surface area contributed by atoms with Crippen LogP contribution in [0.25, 0.3) is 0 Å². The van der Waals surface area contributed by atoms with Gasteiger partial charge in [0, 0.05) is 0 Å². The number of rotatable bonds is 3. The molecule has 0 rings (SSSR count). The first-order valence-corrected chi connectivity index (χ1v) is 1.68. The molecular formula is CH3BO3S. The predicted octanol–water partition coefficient (Wildman–Crippen LogP) is 0.228. The van der Waals surface area contributed by atoms with Crippen LogP contribution in [0.4, 0.5) is 0 Å². The summed E-state index contributed by atoms with van der Waals surface area (Å²) in [7, 11) is 1.32. The van der Waals surface area contributed by atoms with E-state index in [1.807, 2.05) is 0 Å². The molecule has 3 nitrogen and oxygen atoms in total. The first-order valence-electron chi connectivity index (χ1n) is 1.21. The van der Waals surface area contributed by atoms with E-state index in [4.69, 9.17) is 0 Å². The molecule has 0 heterocycles. The van der Waals surface area contributed by atoms with E-state index >= 15 is 0 Å². The van der Waals surface area contributed by atoms with Gasteiger partial charge in [0.25, 0.3) is 0 Å². The molecule has 0 aromatic carbocycles. The molecule has 0 atom stereocenters. The Morgan fingerprint density at radius 1 is 1.67 bits per heavy atom. The van der Waals surface area contributed by atoms with Crippen molar-refractivity contribution in [2.75, 3.05) is 7.11 Å². The van der Waals surface area contributed by atoms with Crippen LogP contribution in [0.1, 0.15) is 0 Å². The molecule has 0 N–H and O–H groups in total. The first kappa shape index (κ1) is 6.00. The summed E-state index contributed by atoms with van der Waals surface area (Å²) in [4.78, 5) is 7.91. The summed E-state index contributed by atoms with van der Waals surface area (Å²) >= 11 is 4.17. The Bertz CT molecular complexity index is 39.8. The summed E-state index contributed by atoms with van der Waals surface area (Å²) in [5, 5.41) is 3.82. The standard InChI is InChI=1S/CH3BO3S/c1-3-5-4-2-6/h1H3. The van der Waals surface area contributed by atoms with Gasteiger partial charge >= 0.3 is 40.3 Å². The van der Waals surface area contributed by atoms with Gasteiger partial charge in [-0.25, -0.2) is 0 Å². The van der Waals surface area contributed by atoms with Crippen LogP contribution in [0.5, 0.6) is 0 Å². The molecule has 0 aliphatic carbocycles. The Hall–Kier alpha value is 0.00494. The Morgan fingerprint density at radius 2 is 2.33 bits per heavy atom. The third kappa shape index (κ3) is 4.00. The van der Waals surface area contributed by atoms with E-state index in [0.717, 1.165) is 6.36 Å². The Morgan fingerprint density at radius 3 is 2.50 bits per heavy atom. The van der Waals surface area contributed by atoms with Crippen molar-refractivity contribution >= 4 is 18.4 Å². The zero-order chi connectivity index (χ0) is 4.83. The van der Waals surface area contributed by atoms with Crippen LogP contribution in [0.3, 0.4) is 0 Å². The molecule has 0 spiro atoms. The third-order valence-electron chi connectivity index (χ3n) is 0.147. The first-order chi connectivity index (χ1) is 2.91. The molecule has 0 unspecified atom stereocenters. The Labute approximate surface area is 41.2 Å². The molecule has 0 aromatic rings. The average molecular weight is 106 g/mol. The molecule has 0 aromatic heterocycles. The van der Waals surface area contributed by atoms with Gasteiger partial charge in [-0.05, 0) is 0 Å². The van der Waals surface area contributed by atoms with Crippen LogP contribution in [-0.4, -0.2) is 13.5 Å². The van der Waals surface area contributed by atoms with Gasteiger partial charge in [-0.2, -0.15) is 0 Å². The van der Waals surface area contributed by atoms with Crippen molar-refractivity contribution in [3.63, 3.8) is 0 Å². The fourth-order valence-electron chi connectivity index (χ4n) is 0.0553. The summed E-state index contributed by atoms with van der Waals surface area (Å²) < 4.78 is 0. The van der Waals surface area contributed by atoms with Crippen LogP contribution < -0.4 is 0 Å². The molecule has 0 aliphatic rings. The van der Waals surface area contributed by atoms with Crippen molar-refractivity contribution in [3.8, 4) is 0 Å². The molecule has 0 radical (unpaired) electrons. The molecule has 0 aliphatic heterocycles. The van der Waals surface area contributed by atoms with Crippen molar-refractivity contribution in [2.24, 2.45) is 0 Å². The van der Waals surface area contributed by atoms with Crippen LogP contribution >= 0.6 is 12.1 Å². The molecule has 0 saturated heterocycles. The van der Waals surface area contributed by atoms with Gasteiger partial charge in [-0.15, -0.1) is 0 Å². The second kappa shape index (κ2) is 5.00. The number of hydrogen-bond donors (Lipinski definition) is 0. The van der Waals surface area contributed by atoms with Gasteiger partial charge in [0.05, 0.1) is 0 Å². The van der Waals surface area contributed by atoms with Crippen molar-refractivity contribution in [2.45, 2.75) is 0 Å². The molecule has 5 heteroatoms. The van der Waals surface area contributed by atoms with E-state index in [9.17, 15) is 0 Å². The number of hydrogen-bond acceptors (Lipinski definition) is 4. The van der Waals surface area contributed by atoms with E-state index in [1.165, 1.54) is 7.11 Å². The van der Waals surface area contributed by atoms with E-state index in [0.29, 0.717) is 0 Å². The van der Waals surface area contributed by atoms with Gasteiger partial charge in [0.1, 0.15) is 0 Å². The molecule has 34 valence electrons. The van der Waals surface area contributed by atoms with Gasteiger partial charge in [-0.3, -0.25) is 0 Å². The summed E-state index contributed by atoms with van der Waals surface area (Å²) in [6, 6.07) is 0. The van der Waals surface area contributed by atoms with Crippen LogP contribution in [-0.2, 0) is 14.7 Å². The fourth-order valence-corrected chi connectivity index (χ4v) is 0.0874. The normalized spacial score (nSPS) is 6.83. The summed E-state index contributed by atoms with van der Waals surface area (Å²) in [6.07, 6.45) is 0.948. The van der Waals surface area contributed by atoms with Crippen LogP contribution in [0.2, 0.25) is 0 Å². The van der Waals surface area contributed by atoms with Crippen molar-refractivity contribution in [1.29, 1.82) is 0 Å². The SMILES string of the molecule is COOOB=S. The van der Waals surface area contributed by atoms with Gasteiger partial charge in [-0.1, -0.05) is 0 Å². The topological polar surface area (TPSA) is 27.7 Å². The average Bonchev–Trinajstić information content (AvgIpc) is 1.61. The predicted molar refractivity (Wildman–Crippen MR) is 22.5 cm³/mol. The van der Waals surface area contributed by atoms with Gasteiger partial charge in [0.2, 0.25) is 0 Å². The van der Waals surface area contributed by atoms with Crippen LogP contribution in [0, 0.1) is 0 Å². The van der Waals surface area contributed by atoms with Gasteiger partial charge < -0.3 is 0 Å². The molecule has 0 amide bonds. The van der Waals surface area contributed by atoms with E-state index in [1.54, 1.807) is 0 Å². The maximum atomic E-state index is 4.17. The quantitative estimate of drug-likeness (QED) is 0.222. The van der Waals surface area contributed by atoms with E-state index < -0.39 is 0 Å². The van der Waals surface area contributed by atoms with E-state index in [-0.39, 0.29) is 0 Å². The molecule has 6 heavy (non-hydrogen) atoms. The van der Waals surface area contributed by atoms with Crippen molar-refractivity contribution in [1.82, 2.24) is 0 Å². The minimum absolute atomic E-state index is 0.948. The summed E-state index contributed by atoms with van der Waals surface area (Å²) in [5.74, 6) is 0. The zero-order valence-electron chi connectivity index (χ0n) is 3.21. The summed E-state index contributed by atoms with van der Waals surface area (Å²) in [5.41, 5.74) is 0. The zero-order valence-corrected chi connectivity index (χ0v) is 4.03. The van der Waals surface area contributed by atoms with Crippen LogP contribution in [0.15, 0.2) is 0 Å². The molecule has 0 saturated carbocycles. The molecule has 0 fully saturated rings. The fraction of sp³-hybridized carbons (Fsp3) is 1.00. The minimum atomic E-state index is 0.948. The van der Waals surface area contributed by atoms with Gasteiger partial charge in [0.15, 0.2) is 0 Å². The van der Waals surface area contributed by atoms with Crippen molar-refractivity contribution < 1.29 is 14.7 Å². The monoisotopic (exact) mass is 106 g/mol. The molecule has 0 bridgehead atoms. The van der Waals surface area contributed by atoms with E-state index in [2.05, 4.69) is 26.8 Å². The Kier molecular flexibility index (Phi) is 5.01. The summed E-state index contributed by atoms with van der Waals surface area (Å²) in [6.45, 7) is 0. The molecular weight excluding hydrogens is 103 g/mol. The van der Waals surface area contributed by atoms with Crippen molar-refractivity contribution in [3.05, 3.63) is 0 Å². The second-order valence-electron chi connectivity index (χ2n) is 0.427. The second-order valence-corrected chi connectivity index (χ2v) is 0.620. The third-order valence-corrected chi connectivity index (χ3v) is 0.225. The Balaban J connectivity index is 2.49. The maximum absolute atomic E-state index is 4.17.